The van der Waals surface area contributed by atoms with Crippen LogP contribution in [0.25, 0.3) is 27.6 Å². The van der Waals surface area contributed by atoms with Crippen molar-refractivity contribution < 1.29 is 0 Å². The Morgan fingerprint density at radius 2 is 1.94 bits per heavy atom. The van der Waals surface area contributed by atoms with Crippen molar-refractivity contribution in [3.05, 3.63) is 42.2 Å². The van der Waals surface area contributed by atoms with Crippen LogP contribution in [-0.2, 0) is 0 Å². The lowest BCUT2D eigenvalue weighted by Gasteiger charge is -2.00. The average molecular weight is 256 g/mol. The van der Waals surface area contributed by atoms with Crippen LogP contribution in [0.2, 0.25) is 5.15 Å². The van der Waals surface area contributed by atoms with Gasteiger partial charge in [0.1, 0.15) is 11.0 Å². The Bertz CT molecular complexity index is 899. The maximum Gasteiger partial charge on any atom is 0.156 e. The molecule has 0 N–H and O–H groups in total. The zero-order valence-corrected chi connectivity index (χ0v) is 9.83. The second-order valence-corrected chi connectivity index (χ2v) is 4.27. The van der Waals surface area contributed by atoms with Gasteiger partial charge in [-0.25, -0.2) is 9.97 Å². The summed E-state index contributed by atoms with van der Waals surface area (Å²) in [5, 5.41) is 1.36. The molecule has 0 aliphatic rings. The van der Waals surface area contributed by atoms with Gasteiger partial charge in [0.25, 0.3) is 0 Å². The molecule has 4 aromatic rings. The van der Waals surface area contributed by atoms with E-state index in [1.807, 2.05) is 16.7 Å². The van der Waals surface area contributed by atoms with Crippen LogP contribution < -0.4 is 0 Å². The fourth-order valence-corrected chi connectivity index (χ4v) is 2.40. The zero-order valence-electron chi connectivity index (χ0n) is 9.08. The molecule has 18 heavy (non-hydrogen) atoms. The molecule has 0 aliphatic heterocycles. The highest BCUT2D eigenvalue weighted by atomic mass is 35.5. The minimum absolute atomic E-state index is 0.421. The number of imidazole rings is 1. The molecule has 0 bridgehead atoms. The number of rotatable bonds is 0. The number of fused-ring (bicyclic) bond motifs is 5. The lowest BCUT2D eigenvalue weighted by molar-refractivity contribution is 1.15. The molecule has 4 rings (SSSR count). The van der Waals surface area contributed by atoms with E-state index >= 15 is 0 Å². The number of halogens is 1. The van der Waals surface area contributed by atoms with Gasteiger partial charge in [0.15, 0.2) is 10.8 Å². The van der Waals surface area contributed by atoms with Gasteiger partial charge in [-0.05, 0) is 6.07 Å². The Morgan fingerprint density at radius 1 is 1.06 bits per heavy atom. The van der Waals surface area contributed by atoms with E-state index in [1.54, 1.807) is 24.8 Å². The summed E-state index contributed by atoms with van der Waals surface area (Å²) < 4.78 is 1.89. The summed E-state index contributed by atoms with van der Waals surface area (Å²) in [6.45, 7) is 0. The summed E-state index contributed by atoms with van der Waals surface area (Å²) in [6, 6.07) is 1.89. The second kappa shape index (κ2) is 3.36. The highest BCUT2D eigenvalue weighted by molar-refractivity contribution is 6.35. The molecule has 0 fully saturated rings. The van der Waals surface area contributed by atoms with Gasteiger partial charge in [-0.3, -0.25) is 14.4 Å². The molecule has 0 aliphatic carbocycles. The van der Waals surface area contributed by atoms with Gasteiger partial charge in [-0.2, -0.15) is 0 Å². The molecule has 5 nitrogen and oxygen atoms in total. The number of pyridine rings is 2. The SMILES string of the molecule is Clc1nc2cnccc2c2nc3cnccn3c12. The van der Waals surface area contributed by atoms with Crippen LogP contribution in [0.3, 0.4) is 0 Å². The summed E-state index contributed by atoms with van der Waals surface area (Å²) in [4.78, 5) is 17.0. The zero-order chi connectivity index (χ0) is 12.1. The topological polar surface area (TPSA) is 56.0 Å². The molecule has 6 heteroatoms. The van der Waals surface area contributed by atoms with Crippen molar-refractivity contribution in [3.8, 4) is 0 Å². The van der Waals surface area contributed by atoms with E-state index in [9.17, 15) is 0 Å². The summed E-state index contributed by atoms with van der Waals surface area (Å²) in [6.07, 6.45) is 8.62. The van der Waals surface area contributed by atoms with E-state index in [-0.39, 0.29) is 0 Å². The lowest BCUT2D eigenvalue weighted by atomic mass is 10.2. The summed E-state index contributed by atoms with van der Waals surface area (Å²) in [5.41, 5.74) is 3.11. The molecule has 0 atom stereocenters. The van der Waals surface area contributed by atoms with Gasteiger partial charge in [-0.1, -0.05) is 11.6 Å². The molecule has 0 saturated carbocycles. The molecule has 86 valence electrons. The van der Waals surface area contributed by atoms with Crippen LogP contribution in [0, 0.1) is 0 Å². The number of hydrogen-bond donors (Lipinski definition) is 0. The molecule has 4 aromatic heterocycles. The first-order valence-corrected chi connectivity index (χ1v) is 5.73. The Kier molecular flexibility index (Phi) is 1.82. The Morgan fingerprint density at radius 3 is 2.89 bits per heavy atom. The normalized spacial score (nSPS) is 11.6. The third-order valence-electron chi connectivity index (χ3n) is 2.90. The Hall–Kier alpha value is -2.27. The molecule has 0 aromatic carbocycles. The molecule has 0 spiro atoms. The molecule has 0 radical (unpaired) electrons. The smallest absolute Gasteiger partial charge is 0.156 e. The third-order valence-corrected chi connectivity index (χ3v) is 3.16. The first-order valence-electron chi connectivity index (χ1n) is 5.35. The van der Waals surface area contributed by atoms with Crippen molar-refractivity contribution in [1.82, 2.24) is 24.3 Å². The van der Waals surface area contributed by atoms with E-state index in [0.717, 1.165) is 27.6 Å². The second-order valence-electron chi connectivity index (χ2n) is 3.91. The van der Waals surface area contributed by atoms with Crippen LogP contribution in [0.4, 0.5) is 0 Å². The van der Waals surface area contributed by atoms with Crippen molar-refractivity contribution in [2.24, 2.45) is 0 Å². The summed E-state index contributed by atoms with van der Waals surface area (Å²) in [7, 11) is 0. The first-order chi connectivity index (χ1) is 8.84. The van der Waals surface area contributed by atoms with E-state index in [1.165, 1.54) is 0 Å². The predicted octanol–water partition coefficient (Wildman–Crippen LogP) is 2.48. The van der Waals surface area contributed by atoms with Gasteiger partial charge < -0.3 is 0 Å². The number of aromatic nitrogens is 5. The van der Waals surface area contributed by atoms with Crippen molar-refractivity contribution in [1.29, 1.82) is 0 Å². The summed E-state index contributed by atoms with van der Waals surface area (Å²) in [5.74, 6) is 0. The van der Waals surface area contributed by atoms with E-state index < -0.39 is 0 Å². The molecule has 4 heterocycles. The fraction of sp³-hybridized carbons (Fsp3) is 0. The van der Waals surface area contributed by atoms with Gasteiger partial charge in [-0.15, -0.1) is 0 Å². The molecule has 0 amide bonds. The maximum atomic E-state index is 6.24. The number of hydrogen-bond acceptors (Lipinski definition) is 4. The quantitative estimate of drug-likeness (QED) is 0.453. The molecule has 0 unspecified atom stereocenters. The van der Waals surface area contributed by atoms with Crippen LogP contribution >= 0.6 is 11.6 Å². The van der Waals surface area contributed by atoms with Gasteiger partial charge in [0.2, 0.25) is 0 Å². The minimum atomic E-state index is 0.421. The Balaban J connectivity index is 2.38. The van der Waals surface area contributed by atoms with E-state index in [2.05, 4.69) is 19.9 Å². The standard InChI is InChI=1S/C12H6ClN5/c13-12-11-10(7-1-2-14-5-8(7)16-12)17-9-6-15-3-4-18(9)11/h1-6H. The van der Waals surface area contributed by atoms with Crippen molar-refractivity contribution in [2.45, 2.75) is 0 Å². The highest BCUT2D eigenvalue weighted by Gasteiger charge is 2.13. The highest BCUT2D eigenvalue weighted by Crippen LogP contribution is 2.28. The fourth-order valence-electron chi connectivity index (χ4n) is 2.13. The Labute approximate surface area is 106 Å². The van der Waals surface area contributed by atoms with Crippen LogP contribution in [0.15, 0.2) is 37.1 Å². The van der Waals surface area contributed by atoms with Crippen molar-refractivity contribution in [2.75, 3.05) is 0 Å². The first kappa shape index (κ1) is 9.73. The van der Waals surface area contributed by atoms with Gasteiger partial charge in [0.05, 0.1) is 17.9 Å². The van der Waals surface area contributed by atoms with Crippen LogP contribution in [-0.4, -0.2) is 24.3 Å². The summed E-state index contributed by atoms with van der Waals surface area (Å²) >= 11 is 6.24. The van der Waals surface area contributed by atoms with E-state index in [0.29, 0.717) is 5.15 Å². The van der Waals surface area contributed by atoms with Crippen LogP contribution in [0.5, 0.6) is 0 Å². The number of nitrogens with zero attached hydrogens (tertiary/aromatic N) is 5. The van der Waals surface area contributed by atoms with Gasteiger partial charge >= 0.3 is 0 Å². The monoisotopic (exact) mass is 255 g/mol. The largest absolute Gasteiger partial charge is 0.294 e. The van der Waals surface area contributed by atoms with Gasteiger partial charge in [0, 0.05) is 24.0 Å². The maximum absolute atomic E-state index is 6.24. The third kappa shape index (κ3) is 1.16. The minimum Gasteiger partial charge on any atom is -0.294 e. The molecule has 0 saturated heterocycles. The van der Waals surface area contributed by atoms with Crippen molar-refractivity contribution >= 4 is 39.2 Å². The lowest BCUT2D eigenvalue weighted by Crippen LogP contribution is -1.88. The van der Waals surface area contributed by atoms with Crippen molar-refractivity contribution in [3.63, 3.8) is 0 Å². The predicted molar refractivity (Wildman–Crippen MR) is 68.6 cm³/mol. The van der Waals surface area contributed by atoms with Crippen LogP contribution in [0.1, 0.15) is 0 Å². The molecular weight excluding hydrogens is 250 g/mol. The molecular formula is C12H6ClN5. The average Bonchev–Trinajstić information content (AvgIpc) is 2.79. The van der Waals surface area contributed by atoms with E-state index in [4.69, 9.17) is 11.6 Å².